The first kappa shape index (κ1) is 17.7. The molecule has 1 amide bonds. The van der Waals surface area contributed by atoms with Gasteiger partial charge in [0, 0.05) is 6.42 Å². The lowest BCUT2D eigenvalue weighted by molar-refractivity contribution is -0.145. The smallest absolute Gasteiger partial charge is 0.328 e. The van der Waals surface area contributed by atoms with Crippen molar-refractivity contribution in [1.29, 1.82) is 0 Å². The van der Waals surface area contributed by atoms with Crippen molar-refractivity contribution in [3.8, 4) is 0 Å². The van der Waals surface area contributed by atoms with Crippen molar-refractivity contribution in [3.05, 3.63) is 83.9 Å². The van der Waals surface area contributed by atoms with E-state index in [0.717, 1.165) is 21.9 Å². The minimum absolute atomic E-state index is 0.202. The van der Waals surface area contributed by atoms with Gasteiger partial charge >= 0.3 is 5.97 Å². The van der Waals surface area contributed by atoms with E-state index in [4.69, 9.17) is 4.74 Å². The van der Waals surface area contributed by atoms with Crippen molar-refractivity contribution < 1.29 is 14.3 Å². The Morgan fingerprint density at radius 2 is 1.62 bits per heavy atom. The molecule has 0 fully saturated rings. The molecule has 0 saturated carbocycles. The predicted octanol–water partition coefficient (Wildman–Crippen LogP) is 3.28. The highest BCUT2D eigenvalue weighted by atomic mass is 16.5. The van der Waals surface area contributed by atoms with E-state index in [1.54, 1.807) is 0 Å². The molecule has 0 aliphatic rings. The second-order valence-corrected chi connectivity index (χ2v) is 6.15. The van der Waals surface area contributed by atoms with Gasteiger partial charge < -0.3 is 10.1 Å². The second-order valence-electron chi connectivity index (χ2n) is 6.15. The molecular weight excluding hydrogens is 326 g/mol. The second kappa shape index (κ2) is 8.30. The van der Waals surface area contributed by atoms with E-state index in [1.165, 1.54) is 7.11 Å². The number of hydrogen-bond acceptors (Lipinski definition) is 3. The fourth-order valence-corrected chi connectivity index (χ4v) is 3.05. The summed E-state index contributed by atoms with van der Waals surface area (Å²) in [5, 5.41) is 4.99. The first-order chi connectivity index (χ1) is 12.7. The lowest BCUT2D eigenvalue weighted by Gasteiger charge is -2.18. The molecule has 26 heavy (non-hydrogen) atoms. The summed E-state index contributed by atoms with van der Waals surface area (Å²) in [6.07, 6.45) is 0.610. The van der Waals surface area contributed by atoms with Crippen LogP contribution < -0.4 is 5.32 Å². The standard InChI is InChI=1S/C22H21NO3/c1-26-22(25)20(23-21(24)14-16-8-3-2-4-9-16)15-18-12-7-11-17-10-5-6-13-19(17)18/h2-13,20H,14-15H2,1H3,(H,23,24)/t20-/m0/s1. The molecular formula is C22H21NO3. The molecule has 1 N–H and O–H groups in total. The molecule has 3 aromatic carbocycles. The van der Waals surface area contributed by atoms with Crippen molar-refractivity contribution >= 4 is 22.6 Å². The first-order valence-corrected chi connectivity index (χ1v) is 8.55. The van der Waals surface area contributed by atoms with Gasteiger partial charge in [-0.25, -0.2) is 4.79 Å². The zero-order valence-corrected chi connectivity index (χ0v) is 14.6. The molecule has 0 heterocycles. The SMILES string of the molecule is COC(=O)[C@H](Cc1cccc2ccccc12)NC(=O)Cc1ccccc1. The van der Waals surface area contributed by atoms with Crippen LogP contribution in [-0.2, 0) is 27.2 Å². The number of nitrogens with one attached hydrogen (secondary N) is 1. The van der Waals surface area contributed by atoms with Gasteiger partial charge in [0.1, 0.15) is 6.04 Å². The molecule has 0 aliphatic carbocycles. The Morgan fingerprint density at radius 1 is 0.923 bits per heavy atom. The molecule has 0 bridgehead atoms. The van der Waals surface area contributed by atoms with Crippen molar-refractivity contribution in [2.45, 2.75) is 18.9 Å². The number of benzene rings is 3. The predicted molar refractivity (Wildman–Crippen MR) is 102 cm³/mol. The molecule has 132 valence electrons. The zero-order valence-electron chi connectivity index (χ0n) is 14.6. The highest BCUT2D eigenvalue weighted by Crippen LogP contribution is 2.20. The van der Waals surface area contributed by atoms with E-state index < -0.39 is 12.0 Å². The maximum atomic E-state index is 12.4. The Morgan fingerprint density at radius 3 is 2.38 bits per heavy atom. The van der Waals surface area contributed by atoms with Gasteiger partial charge in [-0.3, -0.25) is 4.79 Å². The van der Waals surface area contributed by atoms with Gasteiger partial charge in [-0.1, -0.05) is 72.8 Å². The van der Waals surface area contributed by atoms with Gasteiger partial charge in [0.05, 0.1) is 13.5 Å². The number of hydrogen-bond donors (Lipinski definition) is 1. The number of methoxy groups -OCH3 is 1. The molecule has 3 rings (SSSR count). The Balaban J connectivity index is 1.78. The molecule has 4 heteroatoms. The molecule has 0 spiro atoms. The Kier molecular flexibility index (Phi) is 5.64. The number of ether oxygens (including phenoxy) is 1. The number of rotatable bonds is 6. The van der Waals surface area contributed by atoms with E-state index >= 15 is 0 Å². The van der Waals surface area contributed by atoms with E-state index in [2.05, 4.69) is 5.32 Å². The van der Waals surface area contributed by atoms with Crippen molar-refractivity contribution in [1.82, 2.24) is 5.32 Å². The summed E-state index contributed by atoms with van der Waals surface area (Å²) in [5.74, 6) is -0.647. The quantitative estimate of drug-likeness (QED) is 0.696. The van der Waals surface area contributed by atoms with Crippen molar-refractivity contribution in [3.63, 3.8) is 0 Å². The van der Waals surface area contributed by atoms with Crippen LogP contribution in [0.4, 0.5) is 0 Å². The lowest BCUT2D eigenvalue weighted by Crippen LogP contribution is -2.43. The van der Waals surface area contributed by atoms with Gasteiger partial charge in [-0.05, 0) is 21.9 Å². The zero-order chi connectivity index (χ0) is 18.4. The first-order valence-electron chi connectivity index (χ1n) is 8.55. The molecule has 3 aromatic rings. The maximum absolute atomic E-state index is 12.4. The fraction of sp³-hybridized carbons (Fsp3) is 0.182. The number of fused-ring (bicyclic) bond motifs is 1. The maximum Gasteiger partial charge on any atom is 0.328 e. The highest BCUT2D eigenvalue weighted by Gasteiger charge is 2.22. The normalized spacial score (nSPS) is 11.7. The summed E-state index contributed by atoms with van der Waals surface area (Å²) in [5.41, 5.74) is 1.90. The third-order valence-electron chi connectivity index (χ3n) is 4.33. The lowest BCUT2D eigenvalue weighted by atomic mass is 9.98. The van der Waals surface area contributed by atoms with Crippen LogP contribution in [0.3, 0.4) is 0 Å². The molecule has 0 aromatic heterocycles. The van der Waals surface area contributed by atoms with Gasteiger partial charge in [-0.2, -0.15) is 0 Å². The van der Waals surface area contributed by atoms with Crippen LogP contribution in [0.5, 0.6) is 0 Å². The van der Waals surface area contributed by atoms with Crippen LogP contribution in [0.15, 0.2) is 72.8 Å². The largest absolute Gasteiger partial charge is 0.467 e. The third kappa shape index (κ3) is 4.28. The summed E-state index contributed by atoms with van der Waals surface area (Å²) in [6, 6.07) is 22.7. The van der Waals surface area contributed by atoms with Crippen LogP contribution in [0, 0.1) is 0 Å². The number of amides is 1. The van der Waals surface area contributed by atoms with Crippen molar-refractivity contribution in [2.75, 3.05) is 7.11 Å². The van der Waals surface area contributed by atoms with Crippen LogP contribution in [0.25, 0.3) is 10.8 Å². The average molecular weight is 347 g/mol. The van der Waals surface area contributed by atoms with E-state index in [-0.39, 0.29) is 12.3 Å². The highest BCUT2D eigenvalue weighted by molar-refractivity contribution is 5.88. The van der Waals surface area contributed by atoms with Crippen LogP contribution >= 0.6 is 0 Å². The molecule has 0 radical (unpaired) electrons. The Bertz CT molecular complexity index is 900. The summed E-state index contributed by atoms with van der Waals surface area (Å²) < 4.78 is 4.89. The summed E-state index contributed by atoms with van der Waals surface area (Å²) in [6.45, 7) is 0. The number of esters is 1. The van der Waals surface area contributed by atoms with E-state index in [9.17, 15) is 9.59 Å². The summed E-state index contributed by atoms with van der Waals surface area (Å²) in [7, 11) is 1.34. The van der Waals surface area contributed by atoms with E-state index in [0.29, 0.717) is 6.42 Å². The van der Waals surface area contributed by atoms with Crippen molar-refractivity contribution in [2.24, 2.45) is 0 Å². The summed E-state index contributed by atoms with van der Waals surface area (Å²) in [4.78, 5) is 24.6. The fourth-order valence-electron chi connectivity index (χ4n) is 3.05. The molecule has 0 aliphatic heterocycles. The van der Waals surface area contributed by atoms with Crippen LogP contribution in [0.2, 0.25) is 0 Å². The van der Waals surface area contributed by atoms with Gasteiger partial charge in [-0.15, -0.1) is 0 Å². The summed E-state index contributed by atoms with van der Waals surface area (Å²) >= 11 is 0. The Hall–Kier alpha value is -3.14. The minimum Gasteiger partial charge on any atom is -0.467 e. The number of carbonyl (C=O) groups is 2. The van der Waals surface area contributed by atoms with E-state index in [1.807, 2.05) is 72.8 Å². The molecule has 0 unspecified atom stereocenters. The number of carbonyl (C=O) groups excluding carboxylic acids is 2. The molecule has 4 nitrogen and oxygen atoms in total. The minimum atomic E-state index is -0.720. The van der Waals surface area contributed by atoms with Gasteiger partial charge in [0.15, 0.2) is 0 Å². The molecule has 1 atom stereocenters. The Labute approximate surface area is 152 Å². The average Bonchev–Trinajstić information content (AvgIpc) is 2.68. The van der Waals surface area contributed by atoms with Gasteiger partial charge in [0.25, 0.3) is 0 Å². The topological polar surface area (TPSA) is 55.4 Å². The molecule has 0 saturated heterocycles. The van der Waals surface area contributed by atoms with Crippen LogP contribution in [0.1, 0.15) is 11.1 Å². The third-order valence-corrected chi connectivity index (χ3v) is 4.33. The monoisotopic (exact) mass is 347 g/mol. The van der Waals surface area contributed by atoms with Gasteiger partial charge in [0.2, 0.25) is 5.91 Å². The van der Waals surface area contributed by atoms with Crippen LogP contribution in [-0.4, -0.2) is 25.0 Å².